The van der Waals surface area contributed by atoms with Gasteiger partial charge in [-0.1, -0.05) is 0 Å². The molecule has 0 radical (unpaired) electrons. The molecule has 0 saturated heterocycles. The quantitative estimate of drug-likeness (QED) is 0.273. The zero-order valence-electron chi connectivity index (χ0n) is 25.6. The van der Waals surface area contributed by atoms with Gasteiger partial charge in [0.1, 0.15) is 34.1 Å². The minimum atomic E-state index is -1.22. The van der Waals surface area contributed by atoms with Crippen molar-refractivity contribution in [3.8, 4) is 28.4 Å². The van der Waals surface area contributed by atoms with Crippen molar-refractivity contribution in [2.24, 2.45) is 0 Å². The lowest BCUT2D eigenvalue weighted by atomic mass is 10.0. The molecular formula is C31H40O11. The van der Waals surface area contributed by atoms with Gasteiger partial charge in [-0.05, 0) is 104 Å². The SMILES string of the molecule is CC(C)(C)OC(=O)COc1cc(OCC(=O)OC(C)(C)C)cc(-c2cc(OCC(=O)OC(C)(C)C)cc(C(=O)O)c2)c1. The first-order valence-electron chi connectivity index (χ1n) is 13.3. The lowest BCUT2D eigenvalue weighted by molar-refractivity contribution is -0.158. The van der Waals surface area contributed by atoms with E-state index in [0.29, 0.717) is 11.1 Å². The molecule has 0 spiro atoms. The normalized spacial score (nSPS) is 11.7. The summed E-state index contributed by atoms with van der Waals surface area (Å²) in [7, 11) is 0. The summed E-state index contributed by atoms with van der Waals surface area (Å²) >= 11 is 0. The predicted molar refractivity (Wildman–Crippen MR) is 153 cm³/mol. The van der Waals surface area contributed by atoms with Gasteiger partial charge in [-0.3, -0.25) is 0 Å². The minimum Gasteiger partial charge on any atom is -0.482 e. The second-order valence-corrected chi connectivity index (χ2v) is 12.4. The third-order valence-electron chi connectivity index (χ3n) is 4.70. The van der Waals surface area contributed by atoms with Crippen molar-refractivity contribution < 1.29 is 52.7 Å². The molecule has 0 saturated carbocycles. The van der Waals surface area contributed by atoms with Crippen molar-refractivity contribution in [2.45, 2.75) is 79.1 Å². The highest BCUT2D eigenvalue weighted by molar-refractivity contribution is 5.90. The summed E-state index contributed by atoms with van der Waals surface area (Å²) in [6.45, 7) is 14.3. The minimum absolute atomic E-state index is 0.104. The molecule has 0 aliphatic carbocycles. The molecule has 0 amide bonds. The van der Waals surface area contributed by atoms with E-state index in [4.69, 9.17) is 28.4 Å². The fourth-order valence-corrected chi connectivity index (χ4v) is 3.42. The number of carbonyl (C=O) groups excluding carboxylic acids is 3. The van der Waals surface area contributed by atoms with E-state index >= 15 is 0 Å². The van der Waals surface area contributed by atoms with Crippen molar-refractivity contribution in [2.75, 3.05) is 19.8 Å². The number of ether oxygens (including phenoxy) is 6. The molecule has 0 atom stereocenters. The second-order valence-electron chi connectivity index (χ2n) is 12.4. The Morgan fingerprint density at radius 3 is 1.14 bits per heavy atom. The summed E-state index contributed by atoms with van der Waals surface area (Å²) < 4.78 is 32.7. The van der Waals surface area contributed by atoms with Gasteiger partial charge in [-0.2, -0.15) is 0 Å². The molecule has 0 aliphatic heterocycles. The van der Waals surface area contributed by atoms with E-state index in [1.54, 1.807) is 74.4 Å². The van der Waals surface area contributed by atoms with Crippen LogP contribution in [0.5, 0.6) is 17.2 Å². The first-order chi connectivity index (χ1) is 19.2. The highest BCUT2D eigenvalue weighted by Gasteiger charge is 2.20. The molecule has 0 aromatic heterocycles. The van der Waals surface area contributed by atoms with Crippen LogP contribution in [-0.2, 0) is 28.6 Å². The van der Waals surface area contributed by atoms with Crippen molar-refractivity contribution in [3.63, 3.8) is 0 Å². The van der Waals surface area contributed by atoms with Gasteiger partial charge < -0.3 is 33.5 Å². The average Bonchev–Trinajstić information content (AvgIpc) is 2.81. The Morgan fingerprint density at radius 1 is 0.524 bits per heavy atom. The van der Waals surface area contributed by atoms with Gasteiger partial charge in [0, 0.05) is 6.07 Å². The Labute approximate surface area is 246 Å². The number of hydrogen-bond donors (Lipinski definition) is 1. The summed E-state index contributed by atoms with van der Waals surface area (Å²) in [5, 5.41) is 9.70. The van der Waals surface area contributed by atoms with Crippen LogP contribution >= 0.6 is 0 Å². The number of carbonyl (C=O) groups is 4. The zero-order valence-corrected chi connectivity index (χ0v) is 25.6. The van der Waals surface area contributed by atoms with E-state index < -0.39 is 60.5 Å². The fraction of sp³-hybridized carbons (Fsp3) is 0.484. The Balaban J connectivity index is 2.42. The van der Waals surface area contributed by atoms with E-state index in [1.165, 1.54) is 24.3 Å². The molecule has 2 rings (SSSR count). The molecule has 0 fully saturated rings. The molecular weight excluding hydrogens is 548 g/mol. The molecule has 0 unspecified atom stereocenters. The largest absolute Gasteiger partial charge is 0.482 e. The first kappa shape index (κ1) is 33.9. The smallest absolute Gasteiger partial charge is 0.344 e. The van der Waals surface area contributed by atoms with Crippen molar-refractivity contribution in [1.82, 2.24) is 0 Å². The number of hydrogen-bond acceptors (Lipinski definition) is 10. The molecule has 2 aromatic rings. The van der Waals surface area contributed by atoms with Gasteiger partial charge >= 0.3 is 23.9 Å². The maximum Gasteiger partial charge on any atom is 0.344 e. The van der Waals surface area contributed by atoms with Crippen LogP contribution in [0.4, 0.5) is 0 Å². The topological polar surface area (TPSA) is 144 Å². The van der Waals surface area contributed by atoms with Gasteiger partial charge in [-0.15, -0.1) is 0 Å². The number of carboxylic acids is 1. The summed E-state index contributed by atoms with van der Waals surface area (Å²) in [6.07, 6.45) is 0. The highest BCUT2D eigenvalue weighted by Crippen LogP contribution is 2.33. The standard InChI is InChI=1S/C31H40O11/c1-29(2,3)40-25(32)16-37-22-11-19(10-21(14-22)28(35)36)20-12-23(38-17-26(33)41-30(4,5)6)15-24(13-20)39-18-27(34)42-31(7,8)9/h10-15H,16-18H2,1-9H3,(H,35,36). The molecule has 0 bridgehead atoms. The highest BCUT2D eigenvalue weighted by atomic mass is 16.6. The van der Waals surface area contributed by atoms with Gasteiger partial charge in [0.2, 0.25) is 0 Å². The molecule has 2 aromatic carbocycles. The molecule has 11 heteroatoms. The maximum absolute atomic E-state index is 12.2. The summed E-state index contributed by atoms with van der Waals surface area (Å²) in [6, 6.07) is 8.79. The van der Waals surface area contributed by atoms with Crippen LogP contribution in [0.1, 0.15) is 72.7 Å². The molecule has 42 heavy (non-hydrogen) atoms. The Hall–Kier alpha value is -4.28. The van der Waals surface area contributed by atoms with Crippen LogP contribution in [-0.4, -0.2) is 65.6 Å². The van der Waals surface area contributed by atoms with E-state index in [1.807, 2.05) is 0 Å². The van der Waals surface area contributed by atoms with E-state index in [-0.39, 0.29) is 22.8 Å². The summed E-state index contributed by atoms with van der Waals surface area (Å²) in [4.78, 5) is 48.5. The van der Waals surface area contributed by atoms with Gasteiger partial charge in [0.15, 0.2) is 19.8 Å². The average molecular weight is 589 g/mol. The number of aromatic carboxylic acids is 1. The third-order valence-corrected chi connectivity index (χ3v) is 4.70. The number of rotatable bonds is 11. The van der Waals surface area contributed by atoms with Crippen LogP contribution in [0.2, 0.25) is 0 Å². The lowest BCUT2D eigenvalue weighted by Gasteiger charge is -2.20. The molecule has 0 heterocycles. The fourth-order valence-electron chi connectivity index (χ4n) is 3.42. The monoisotopic (exact) mass is 588 g/mol. The van der Waals surface area contributed by atoms with Crippen molar-refractivity contribution in [3.05, 3.63) is 42.0 Å². The number of carboxylic acid groups (broad SMARTS) is 1. The van der Waals surface area contributed by atoms with E-state index in [2.05, 4.69) is 0 Å². The zero-order chi connectivity index (χ0) is 31.9. The summed E-state index contributed by atoms with van der Waals surface area (Å²) in [5.74, 6) is -2.57. The van der Waals surface area contributed by atoms with Crippen LogP contribution < -0.4 is 14.2 Å². The Kier molecular flexibility index (Phi) is 11.0. The van der Waals surface area contributed by atoms with Crippen LogP contribution in [0.15, 0.2) is 36.4 Å². The third kappa shape index (κ3) is 12.9. The lowest BCUT2D eigenvalue weighted by Crippen LogP contribution is -2.27. The van der Waals surface area contributed by atoms with Gasteiger partial charge in [-0.25, -0.2) is 19.2 Å². The van der Waals surface area contributed by atoms with Gasteiger partial charge in [0.25, 0.3) is 0 Å². The van der Waals surface area contributed by atoms with Crippen LogP contribution in [0, 0.1) is 0 Å². The molecule has 1 N–H and O–H groups in total. The van der Waals surface area contributed by atoms with Crippen molar-refractivity contribution in [1.29, 1.82) is 0 Å². The first-order valence-corrected chi connectivity index (χ1v) is 13.3. The molecule has 11 nitrogen and oxygen atoms in total. The number of benzene rings is 2. The predicted octanol–water partition coefficient (Wildman–Crippen LogP) is 5.21. The number of esters is 3. The van der Waals surface area contributed by atoms with Crippen LogP contribution in [0.3, 0.4) is 0 Å². The Bertz CT molecular complexity index is 1240. The van der Waals surface area contributed by atoms with Gasteiger partial charge in [0.05, 0.1) is 5.56 Å². The Morgan fingerprint density at radius 2 is 0.833 bits per heavy atom. The maximum atomic E-state index is 12.2. The second kappa shape index (κ2) is 13.6. The van der Waals surface area contributed by atoms with Crippen molar-refractivity contribution >= 4 is 23.9 Å². The molecule has 230 valence electrons. The summed E-state index contributed by atoms with van der Waals surface area (Å²) in [5.41, 5.74) is -1.46. The van der Waals surface area contributed by atoms with E-state index in [9.17, 15) is 24.3 Å². The molecule has 0 aliphatic rings. The van der Waals surface area contributed by atoms with E-state index in [0.717, 1.165) is 0 Å². The van der Waals surface area contributed by atoms with Crippen LogP contribution in [0.25, 0.3) is 11.1 Å².